The smallest absolute Gasteiger partial charge is 0.251 e. The molecule has 7 nitrogen and oxygen atoms in total. The fourth-order valence-electron chi connectivity index (χ4n) is 3.89. The number of amides is 2. The Hall–Kier alpha value is -3.84. The van der Waals surface area contributed by atoms with E-state index < -0.39 is 0 Å². The van der Waals surface area contributed by atoms with Crippen LogP contribution in [0.1, 0.15) is 41.7 Å². The second-order valence-electron chi connectivity index (χ2n) is 8.56. The molecule has 1 saturated heterocycles. The lowest BCUT2D eigenvalue weighted by atomic mass is 10.1. The maximum absolute atomic E-state index is 12.7. The fraction of sp³-hybridized carbons (Fsp3) is 0.286. The summed E-state index contributed by atoms with van der Waals surface area (Å²) in [6.07, 6.45) is 2.21. The highest BCUT2D eigenvalue weighted by Crippen LogP contribution is 2.20. The summed E-state index contributed by atoms with van der Waals surface area (Å²) in [6, 6.07) is 24.1. The lowest BCUT2D eigenvalue weighted by Gasteiger charge is -2.15. The monoisotopic (exact) mass is 473 g/mol. The van der Waals surface area contributed by atoms with Gasteiger partial charge in [0.1, 0.15) is 12.4 Å². The summed E-state index contributed by atoms with van der Waals surface area (Å²) < 4.78 is 11.4. The van der Waals surface area contributed by atoms with Gasteiger partial charge in [-0.05, 0) is 55.7 Å². The van der Waals surface area contributed by atoms with Crippen LogP contribution < -0.4 is 20.7 Å². The van der Waals surface area contributed by atoms with Crippen molar-refractivity contribution in [3.05, 3.63) is 90.0 Å². The minimum Gasteiger partial charge on any atom is -0.491 e. The molecule has 0 aromatic heterocycles. The highest BCUT2D eigenvalue weighted by Gasteiger charge is 2.16. The first kappa shape index (κ1) is 24.3. The molecule has 0 aliphatic carbocycles. The fourth-order valence-corrected chi connectivity index (χ4v) is 3.89. The zero-order valence-electron chi connectivity index (χ0n) is 19.8. The average molecular weight is 474 g/mol. The maximum Gasteiger partial charge on any atom is 0.251 e. The molecular weight excluding hydrogens is 442 g/mol. The Balaban J connectivity index is 1.26. The zero-order chi connectivity index (χ0) is 24.5. The number of hydrogen-bond donors (Lipinski definition) is 3. The lowest BCUT2D eigenvalue weighted by Crippen LogP contribution is -2.26. The van der Waals surface area contributed by atoms with Crippen LogP contribution in [0, 0.1) is 0 Å². The van der Waals surface area contributed by atoms with E-state index in [-0.39, 0.29) is 30.5 Å². The Morgan fingerprint density at radius 2 is 1.80 bits per heavy atom. The van der Waals surface area contributed by atoms with Crippen LogP contribution in [0.15, 0.2) is 78.9 Å². The first-order valence-electron chi connectivity index (χ1n) is 11.9. The second kappa shape index (κ2) is 12.0. The van der Waals surface area contributed by atoms with Gasteiger partial charge in [0.05, 0.1) is 18.7 Å². The lowest BCUT2D eigenvalue weighted by molar-refractivity contribution is -0.114. The van der Waals surface area contributed by atoms with Gasteiger partial charge in [0.2, 0.25) is 5.91 Å². The third-order valence-corrected chi connectivity index (χ3v) is 5.80. The van der Waals surface area contributed by atoms with Gasteiger partial charge in [-0.15, -0.1) is 0 Å². The van der Waals surface area contributed by atoms with Crippen LogP contribution in [0.4, 0.5) is 11.4 Å². The van der Waals surface area contributed by atoms with Gasteiger partial charge in [-0.25, -0.2) is 0 Å². The molecule has 1 heterocycles. The molecule has 1 fully saturated rings. The SMILES string of the molecule is CC(NC(=O)c1cccc(NCC(=O)Nc2cccc(OCC3CCCO3)c2)c1)c1ccccc1. The van der Waals surface area contributed by atoms with Crippen LogP contribution in [0.3, 0.4) is 0 Å². The Kier molecular flexibility index (Phi) is 8.35. The minimum atomic E-state index is -0.200. The summed E-state index contributed by atoms with van der Waals surface area (Å²) in [6.45, 7) is 3.30. The Bertz CT molecular complexity index is 1130. The molecule has 3 aromatic rings. The Morgan fingerprint density at radius 3 is 2.60 bits per heavy atom. The number of rotatable bonds is 10. The quantitative estimate of drug-likeness (QED) is 0.394. The highest BCUT2D eigenvalue weighted by molar-refractivity contribution is 5.96. The van der Waals surface area contributed by atoms with Crippen molar-refractivity contribution in [1.29, 1.82) is 0 Å². The number of nitrogens with one attached hydrogen (secondary N) is 3. The van der Waals surface area contributed by atoms with Crippen molar-refractivity contribution < 1.29 is 19.1 Å². The first-order chi connectivity index (χ1) is 17.1. The molecule has 0 bridgehead atoms. The van der Waals surface area contributed by atoms with Crippen LogP contribution in [0.2, 0.25) is 0 Å². The van der Waals surface area contributed by atoms with Crippen LogP contribution >= 0.6 is 0 Å². The standard InChI is InChI=1S/C28H31N3O4/c1-20(21-8-3-2-4-9-21)30-28(33)22-10-5-11-23(16-22)29-18-27(32)31-24-12-6-13-25(17-24)35-19-26-14-7-15-34-26/h2-6,8-13,16-17,20,26,29H,7,14-15,18-19H2,1H3,(H,30,33)(H,31,32). The summed E-state index contributed by atoms with van der Waals surface area (Å²) in [7, 11) is 0. The molecule has 35 heavy (non-hydrogen) atoms. The van der Waals surface area contributed by atoms with Crippen molar-refractivity contribution in [2.45, 2.75) is 31.9 Å². The van der Waals surface area contributed by atoms with Gasteiger partial charge in [-0.3, -0.25) is 9.59 Å². The predicted molar refractivity (Wildman–Crippen MR) is 137 cm³/mol. The van der Waals surface area contributed by atoms with Crippen LogP contribution in [0.25, 0.3) is 0 Å². The number of carbonyl (C=O) groups is 2. The Labute approximate surface area is 205 Å². The summed E-state index contributed by atoms with van der Waals surface area (Å²) in [5, 5.41) is 8.96. The molecule has 0 saturated carbocycles. The van der Waals surface area contributed by atoms with E-state index in [1.54, 1.807) is 24.3 Å². The number of benzene rings is 3. The third-order valence-electron chi connectivity index (χ3n) is 5.80. The molecule has 0 radical (unpaired) electrons. The van der Waals surface area contributed by atoms with E-state index in [0.29, 0.717) is 29.3 Å². The summed E-state index contributed by atoms with van der Waals surface area (Å²) in [4.78, 5) is 25.2. The molecule has 2 atom stereocenters. The van der Waals surface area contributed by atoms with Crippen LogP contribution in [-0.2, 0) is 9.53 Å². The van der Waals surface area contributed by atoms with E-state index in [9.17, 15) is 9.59 Å². The van der Waals surface area contributed by atoms with Crippen LogP contribution in [-0.4, -0.2) is 37.7 Å². The minimum absolute atomic E-state index is 0.0620. The molecule has 4 rings (SSSR count). The van der Waals surface area contributed by atoms with Crippen molar-refractivity contribution >= 4 is 23.2 Å². The molecule has 0 spiro atoms. The van der Waals surface area contributed by atoms with Gasteiger partial charge in [0, 0.05) is 29.6 Å². The molecule has 1 aliphatic heterocycles. The third kappa shape index (κ3) is 7.32. The van der Waals surface area contributed by atoms with Gasteiger partial charge in [0.25, 0.3) is 5.91 Å². The van der Waals surface area contributed by atoms with E-state index >= 15 is 0 Å². The highest BCUT2D eigenvalue weighted by atomic mass is 16.5. The van der Waals surface area contributed by atoms with Gasteiger partial charge in [-0.1, -0.05) is 42.5 Å². The molecule has 1 aliphatic rings. The van der Waals surface area contributed by atoms with Gasteiger partial charge < -0.3 is 25.4 Å². The van der Waals surface area contributed by atoms with E-state index in [0.717, 1.165) is 25.0 Å². The van der Waals surface area contributed by atoms with Crippen molar-refractivity contribution in [1.82, 2.24) is 5.32 Å². The van der Waals surface area contributed by atoms with E-state index in [1.165, 1.54) is 0 Å². The second-order valence-corrected chi connectivity index (χ2v) is 8.56. The molecule has 3 N–H and O–H groups in total. The number of hydrogen-bond acceptors (Lipinski definition) is 5. The number of carbonyl (C=O) groups excluding carboxylic acids is 2. The molecule has 7 heteroatoms. The van der Waals surface area contributed by atoms with Crippen molar-refractivity contribution in [3.8, 4) is 5.75 Å². The van der Waals surface area contributed by atoms with E-state index in [1.807, 2.05) is 61.5 Å². The molecule has 2 amide bonds. The summed E-state index contributed by atoms with van der Waals surface area (Å²) in [5.41, 5.74) is 2.90. The largest absolute Gasteiger partial charge is 0.491 e. The normalized spacial score (nSPS) is 15.7. The van der Waals surface area contributed by atoms with E-state index in [2.05, 4.69) is 16.0 Å². The molecule has 182 valence electrons. The van der Waals surface area contributed by atoms with Crippen LogP contribution in [0.5, 0.6) is 5.75 Å². The van der Waals surface area contributed by atoms with Gasteiger partial charge >= 0.3 is 0 Å². The Morgan fingerprint density at radius 1 is 1.00 bits per heavy atom. The predicted octanol–water partition coefficient (Wildman–Crippen LogP) is 4.79. The summed E-state index contributed by atoms with van der Waals surface area (Å²) >= 11 is 0. The van der Waals surface area contributed by atoms with Crippen molar-refractivity contribution in [2.24, 2.45) is 0 Å². The average Bonchev–Trinajstić information content (AvgIpc) is 3.41. The topological polar surface area (TPSA) is 88.7 Å². The number of anilines is 2. The molecular formula is C28H31N3O4. The number of ether oxygens (including phenoxy) is 2. The van der Waals surface area contributed by atoms with Crippen molar-refractivity contribution in [3.63, 3.8) is 0 Å². The van der Waals surface area contributed by atoms with Crippen molar-refractivity contribution in [2.75, 3.05) is 30.4 Å². The summed E-state index contributed by atoms with van der Waals surface area (Å²) in [5.74, 6) is 0.317. The van der Waals surface area contributed by atoms with E-state index in [4.69, 9.17) is 9.47 Å². The zero-order valence-corrected chi connectivity index (χ0v) is 19.8. The van der Waals surface area contributed by atoms with Gasteiger partial charge in [0.15, 0.2) is 0 Å². The maximum atomic E-state index is 12.7. The molecule has 2 unspecified atom stereocenters. The molecule has 3 aromatic carbocycles. The van der Waals surface area contributed by atoms with Gasteiger partial charge in [-0.2, -0.15) is 0 Å². The first-order valence-corrected chi connectivity index (χ1v) is 11.9.